The molecule has 3 heterocycles. The van der Waals surface area contributed by atoms with Crippen LogP contribution in [0.3, 0.4) is 0 Å². The van der Waals surface area contributed by atoms with Crippen LogP contribution in [0.5, 0.6) is 0 Å². The lowest BCUT2D eigenvalue weighted by Crippen LogP contribution is -2.66. The Bertz CT molecular complexity index is 635. The van der Waals surface area contributed by atoms with Crippen LogP contribution >= 0.6 is 0 Å². The number of aliphatic hydroxyl groups is 10. The molecule has 3 rings (SSSR count). The third-order valence-corrected chi connectivity index (χ3v) is 6.35. The van der Waals surface area contributed by atoms with E-state index in [2.05, 4.69) is 0 Å². The molecule has 7 unspecified atom stereocenters. The summed E-state index contributed by atoms with van der Waals surface area (Å²) >= 11 is 0. The quantitative estimate of drug-likeness (QED) is 0.155. The SMILES string of the molecule is CC1OC(CO)[C@@H](O[C@@H]2OC(CO)[C@H](O[C@H]3OC(CO)[C@H](O)[C@H](O)C3O)[C@H](O)C2O)[C@H](O)C1O. The Morgan fingerprint density at radius 3 is 1.41 bits per heavy atom. The first-order chi connectivity index (χ1) is 16.0. The van der Waals surface area contributed by atoms with Gasteiger partial charge >= 0.3 is 0 Å². The van der Waals surface area contributed by atoms with Crippen molar-refractivity contribution in [3.05, 3.63) is 0 Å². The molecule has 0 aromatic heterocycles. The molecule has 34 heavy (non-hydrogen) atoms. The predicted octanol–water partition coefficient (Wildman–Crippen LogP) is -6.50. The third-order valence-electron chi connectivity index (χ3n) is 6.35. The second kappa shape index (κ2) is 11.6. The van der Waals surface area contributed by atoms with Gasteiger partial charge in [-0.25, -0.2) is 0 Å². The van der Waals surface area contributed by atoms with E-state index in [1.54, 1.807) is 0 Å². The van der Waals surface area contributed by atoms with E-state index in [0.29, 0.717) is 0 Å². The maximum absolute atomic E-state index is 10.6. The minimum Gasteiger partial charge on any atom is -0.394 e. The van der Waals surface area contributed by atoms with Crippen molar-refractivity contribution in [3.8, 4) is 0 Å². The molecule has 3 aliphatic heterocycles. The van der Waals surface area contributed by atoms with E-state index in [0.717, 1.165) is 0 Å². The van der Waals surface area contributed by atoms with Gasteiger partial charge in [0.2, 0.25) is 0 Å². The fourth-order valence-electron chi connectivity index (χ4n) is 4.26. The summed E-state index contributed by atoms with van der Waals surface area (Å²) in [6.07, 6.45) is -22.6. The number of hydrogen-bond acceptors (Lipinski definition) is 15. The largest absolute Gasteiger partial charge is 0.394 e. The molecule has 200 valence electrons. The third kappa shape index (κ3) is 5.39. The van der Waals surface area contributed by atoms with Gasteiger partial charge in [0.05, 0.1) is 25.9 Å². The molecule has 0 aromatic rings. The zero-order valence-electron chi connectivity index (χ0n) is 18.3. The zero-order chi connectivity index (χ0) is 25.3. The molecule has 3 fully saturated rings. The van der Waals surface area contributed by atoms with Gasteiger partial charge < -0.3 is 74.7 Å². The lowest BCUT2D eigenvalue weighted by molar-refractivity contribution is -0.372. The van der Waals surface area contributed by atoms with Gasteiger partial charge in [0.25, 0.3) is 0 Å². The summed E-state index contributed by atoms with van der Waals surface area (Å²) in [5.74, 6) is 0. The first-order valence-corrected chi connectivity index (χ1v) is 10.9. The lowest BCUT2D eigenvalue weighted by Gasteiger charge is -2.48. The van der Waals surface area contributed by atoms with Crippen molar-refractivity contribution in [1.82, 2.24) is 0 Å². The summed E-state index contributed by atoms with van der Waals surface area (Å²) in [7, 11) is 0. The maximum atomic E-state index is 10.6. The van der Waals surface area contributed by atoms with E-state index >= 15 is 0 Å². The first-order valence-electron chi connectivity index (χ1n) is 10.9. The Morgan fingerprint density at radius 1 is 0.500 bits per heavy atom. The fourth-order valence-corrected chi connectivity index (χ4v) is 4.26. The van der Waals surface area contributed by atoms with Gasteiger partial charge in [-0.15, -0.1) is 0 Å². The van der Waals surface area contributed by atoms with Crippen LogP contribution in [0, 0.1) is 0 Å². The highest BCUT2D eigenvalue weighted by Gasteiger charge is 2.52. The molecule has 15 heteroatoms. The molecule has 0 aromatic carbocycles. The first kappa shape index (κ1) is 28.0. The monoisotopic (exact) mass is 502 g/mol. The Kier molecular flexibility index (Phi) is 9.57. The van der Waals surface area contributed by atoms with Gasteiger partial charge in [-0.2, -0.15) is 0 Å². The molecule has 0 radical (unpaired) electrons. The molecule has 0 amide bonds. The number of ether oxygens (including phenoxy) is 5. The zero-order valence-corrected chi connectivity index (χ0v) is 18.3. The minimum absolute atomic E-state index is 0.601. The summed E-state index contributed by atoms with van der Waals surface area (Å²) in [4.78, 5) is 0. The average molecular weight is 502 g/mol. The van der Waals surface area contributed by atoms with Crippen LogP contribution in [0.2, 0.25) is 0 Å². The van der Waals surface area contributed by atoms with Gasteiger partial charge in [0.15, 0.2) is 12.6 Å². The van der Waals surface area contributed by atoms with Crippen molar-refractivity contribution in [1.29, 1.82) is 0 Å². The van der Waals surface area contributed by atoms with Gasteiger partial charge in [0, 0.05) is 0 Å². The lowest BCUT2D eigenvalue weighted by atomic mass is 9.94. The second-order valence-electron chi connectivity index (χ2n) is 8.65. The van der Waals surface area contributed by atoms with Crippen molar-refractivity contribution in [2.45, 2.75) is 98.9 Å². The van der Waals surface area contributed by atoms with Crippen LogP contribution in [0.4, 0.5) is 0 Å². The van der Waals surface area contributed by atoms with Crippen LogP contribution in [-0.2, 0) is 23.7 Å². The summed E-state index contributed by atoms with van der Waals surface area (Å²) in [5, 5.41) is 100. The Balaban J connectivity index is 1.72. The highest BCUT2D eigenvalue weighted by Crippen LogP contribution is 2.32. The van der Waals surface area contributed by atoms with Gasteiger partial charge in [-0.3, -0.25) is 0 Å². The standard InChI is InChI=1S/C19H34O15/c1-5-9(23)12(26)16(7(3-21)30-5)33-19-15(29)13(27)17(8(4-22)32-19)34-18-14(28)11(25)10(24)6(2-20)31-18/h5-29H,2-4H2,1H3/t5?,6?,7?,8?,9?,10-,11-,12+,13+,14?,15?,16+,17-,18+,19-/m0/s1. The van der Waals surface area contributed by atoms with Crippen LogP contribution in [0.1, 0.15) is 6.92 Å². The molecule has 0 saturated carbocycles. The van der Waals surface area contributed by atoms with Crippen LogP contribution < -0.4 is 0 Å². The summed E-state index contributed by atoms with van der Waals surface area (Å²) < 4.78 is 27.1. The Labute approximate surface area is 194 Å². The molecule has 0 spiro atoms. The van der Waals surface area contributed by atoms with Gasteiger partial charge in [-0.1, -0.05) is 0 Å². The van der Waals surface area contributed by atoms with Crippen LogP contribution in [-0.4, -0.2) is 163 Å². The molecular formula is C19H34O15. The maximum Gasteiger partial charge on any atom is 0.187 e. The molecule has 3 saturated heterocycles. The minimum atomic E-state index is -1.85. The molecule has 0 bridgehead atoms. The van der Waals surface area contributed by atoms with E-state index in [1.807, 2.05) is 0 Å². The second-order valence-corrected chi connectivity index (χ2v) is 8.65. The van der Waals surface area contributed by atoms with E-state index in [1.165, 1.54) is 6.92 Å². The summed E-state index contributed by atoms with van der Waals surface area (Å²) in [5.41, 5.74) is 0. The van der Waals surface area contributed by atoms with Crippen molar-refractivity contribution >= 4 is 0 Å². The number of aliphatic hydroxyl groups excluding tert-OH is 10. The van der Waals surface area contributed by atoms with E-state index < -0.39 is 112 Å². The highest BCUT2D eigenvalue weighted by molar-refractivity contribution is 4.96. The highest BCUT2D eigenvalue weighted by atomic mass is 16.7. The topological polar surface area (TPSA) is 248 Å². The molecular weight excluding hydrogens is 468 g/mol. The summed E-state index contributed by atoms with van der Waals surface area (Å²) in [6, 6.07) is 0. The van der Waals surface area contributed by atoms with Crippen molar-refractivity contribution in [2.75, 3.05) is 19.8 Å². The molecule has 10 N–H and O–H groups in total. The Hall–Kier alpha value is -0.600. The van der Waals surface area contributed by atoms with Crippen molar-refractivity contribution in [3.63, 3.8) is 0 Å². The Morgan fingerprint density at radius 2 is 0.912 bits per heavy atom. The number of rotatable bonds is 7. The van der Waals surface area contributed by atoms with Gasteiger partial charge in [-0.05, 0) is 6.92 Å². The van der Waals surface area contributed by atoms with Crippen molar-refractivity contribution < 1.29 is 74.7 Å². The fraction of sp³-hybridized carbons (Fsp3) is 1.00. The van der Waals surface area contributed by atoms with Gasteiger partial charge in [0.1, 0.15) is 73.2 Å². The molecule has 15 nitrogen and oxygen atoms in total. The summed E-state index contributed by atoms with van der Waals surface area (Å²) in [6.45, 7) is -0.626. The van der Waals surface area contributed by atoms with Crippen molar-refractivity contribution in [2.24, 2.45) is 0 Å². The van der Waals surface area contributed by atoms with E-state index in [-0.39, 0.29) is 0 Å². The normalized spacial score (nSPS) is 52.5. The average Bonchev–Trinajstić information content (AvgIpc) is 2.83. The van der Waals surface area contributed by atoms with E-state index in [9.17, 15) is 51.1 Å². The molecule has 0 aliphatic carbocycles. The molecule has 3 aliphatic rings. The van der Waals surface area contributed by atoms with Crippen LogP contribution in [0.25, 0.3) is 0 Å². The smallest absolute Gasteiger partial charge is 0.187 e. The van der Waals surface area contributed by atoms with E-state index in [4.69, 9.17) is 23.7 Å². The predicted molar refractivity (Wildman–Crippen MR) is 105 cm³/mol. The number of hydrogen-bond donors (Lipinski definition) is 10. The molecule has 15 atom stereocenters. The van der Waals surface area contributed by atoms with Crippen LogP contribution in [0.15, 0.2) is 0 Å².